The minimum atomic E-state index is -0.455. The fourth-order valence-electron chi connectivity index (χ4n) is 3.08. The zero-order chi connectivity index (χ0) is 19.1. The Kier molecular flexibility index (Phi) is 4.40. The van der Waals surface area contributed by atoms with Gasteiger partial charge in [0.05, 0.1) is 11.1 Å². The summed E-state index contributed by atoms with van der Waals surface area (Å²) >= 11 is 0. The lowest BCUT2D eigenvalue weighted by Crippen LogP contribution is -2.18. The molecule has 0 atom stereocenters. The van der Waals surface area contributed by atoms with Gasteiger partial charge in [-0.05, 0) is 35.2 Å². The maximum atomic E-state index is 13.6. The zero-order valence-corrected chi connectivity index (χ0v) is 15.3. The van der Waals surface area contributed by atoms with Crippen LogP contribution in [0.2, 0.25) is 0 Å². The lowest BCUT2D eigenvalue weighted by atomic mass is 9.86. The highest BCUT2D eigenvalue weighted by Gasteiger charge is 2.21. The number of anilines is 1. The van der Waals surface area contributed by atoms with Gasteiger partial charge in [0, 0.05) is 24.2 Å². The highest BCUT2D eigenvalue weighted by atomic mass is 19.1. The molecular formula is C21H21FN2O2. The number of aromatic nitrogens is 1. The van der Waals surface area contributed by atoms with Crippen LogP contribution in [0.25, 0.3) is 10.9 Å². The van der Waals surface area contributed by atoms with Crippen LogP contribution in [0.5, 0.6) is 0 Å². The average Bonchev–Trinajstić information content (AvgIpc) is 2.93. The Morgan fingerprint density at radius 3 is 2.42 bits per heavy atom. The summed E-state index contributed by atoms with van der Waals surface area (Å²) < 4.78 is 14.9. The van der Waals surface area contributed by atoms with Crippen LogP contribution in [0.1, 0.15) is 48.4 Å². The number of carbonyl (C=O) groups is 2. The molecule has 4 nitrogen and oxygen atoms in total. The van der Waals surface area contributed by atoms with Crippen LogP contribution in [0.15, 0.2) is 48.7 Å². The van der Waals surface area contributed by atoms with Gasteiger partial charge < -0.3 is 5.32 Å². The number of fused-ring (bicyclic) bond motifs is 1. The number of carbonyl (C=O) groups excluding carboxylic acids is 2. The molecular weight excluding hydrogens is 331 g/mol. The second-order valence-corrected chi connectivity index (χ2v) is 7.34. The molecule has 0 aliphatic carbocycles. The van der Waals surface area contributed by atoms with E-state index in [2.05, 4.69) is 26.1 Å². The van der Waals surface area contributed by atoms with E-state index in [4.69, 9.17) is 0 Å². The molecule has 2 aromatic carbocycles. The van der Waals surface area contributed by atoms with Gasteiger partial charge in [0.1, 0.15) is 5.82 Å². The first kappa shape index (κ1) is 17.9. The zero-order valence-electron chi connectivity index (χ0n) is 15.3. The Bertz CT molecular complexity index is 1010. The minimum Gasteiger partial charge on any atom is -0.322 e. The van der Waals surface area contributed by atoms with Crippen molar-refractivity contribution in [1.82, 2.24) is 4.57 Å². The van der Waals surface area contributed by atoms with E-state index in [9.17, 15) is 14.0 Å². The van der Waals surface area contributed by atoms with Gasteiger partial charge in [0.2, 0.25) is 5.91 Å². The SMILES string of the molecule is CC(=O)n1cc(C(=O)Nc2ccccc2C(C)(C)C)c2ccc(F)cc21. The van der Waals surface area contributed by atoms with Crippen LogP contribution in [-0.4, -0.2) is 16.4 Å². The molecule has 0 fully saturated rings. The molecule has 0 unspecified atom stereocenters. The van der Waals surface area contributed by atoms with Crippen molar-refractivity contribution in [1.29, 1.82) is 0 Å². The molecule has 0 aliphatic heterocycles. The van der Waals surface area contributed by atoms with Crippen molar-refractivity contribution >= 4 is 28.4 Å². The summed E-state index contributed by atoms with van der Waals surface area (Å²) in [5, 5.41) is 3.47. The Morgan fingerprint density at radius 1 is 1.08 bits per heavy atom. The van der Waals surface area contributed by atoms with Crippen molar-refractivity contribution in [3.05, 3.63) is 65.6 Å². The Morgan fingerprint density at radius 2 is 1.77 bits per heavy atom. The number of amides is 1. The standard InChI is InChI=1S/C21H21FN2O2/c1-13(25)24-12-16(15-10-9-14(22)11-19(15)24)20(26)23-18-8-6-5-7-17(18)21(2,3)4/h5-12H,1-4H3,(H,23,26). The molecule has 1 heterocycles. The minimum absolute atomic E-state index is 0.139. The van der Waals surface area contributed by atoms with E-state index >= 15 is 0 Å². The third-order valence-electron chi connectivity index (χ3n) is 4.33. The first-order chi connectivity index (χ1) is 12.2. The molecule has 0 saturated heterocycles. The van der Waals surface area contributed by atoms with Gasteiger partial charge in [0.15, 0.2) is 0 Å². The second-order valence-electron chi connectivity index (χ2n) is 7.34. The summed E-state index contributed by atoms with van der Waals surface area (Å²) in [5.74, 6) is -1.07. The molecule has 1 aromatic heterocycles. The molecule has 5 heteroatoms. The van der Waals surface area contributed by atoms with Crippen molar-refractivity contribution in [2.75, 3.05) is 5.32 Å². The van der Waals surface area contributed by atoms with Crippen molar-refractivity contribution in [2.24, 2.45) is 0 Å². The van der Waals surface area contributed by atoms with Gasteiger partial charge in [-0.25, -0.2) is 4.39 Å². The molecule has 1 N–H and O–H groups in total. The van der Waals surface area contributed by atoms with Crippen LogP contribution in [0.3, 0.4) is 0 Å². The van der Waals surface area contributed by atoms with Crippen LogP contribution in [0.4, 0.5) is 10.1 Å². The van der Waals surface area contributed by atoms with Gasteiger partial charge in [-0.3, -0.25) is 14.2 Å². The molecule has 0 bridgehead atoms. The summed E-state index contributed by atoms with van der Waals surface area (Å²) in [6.45, 7) is 7.59. The summed E-state index contributed by atoms with van der Waals surface area (Å²) in [5.41, 5.74) is 2.30. The summed E-state index contributed by atoms with van der Waals surface area (Å²) in [6.07, 6.45) is 1.46. The summed E-state index contributed by atoms with van der Waals surface area (Å²) in [6, 6.07) is 11.7. The Hall–Kier alpha value is -2.95. The predicted molar refractivity (Wildman–Crippen MR) is 101 cm³/mol. The quantitative estimate of drug-likeness (QED) is 0.706. The van der Waals surface area contributed by atoms with Gasteiger partial charge in [-0.2, -0.15) is 0 Å². The third kappa shape index (κ3) is 3.25. The van der Waals surface area contributed by atoms with E-state index < -0.39 is 5.82 Å². The maximum absolute atomic E-state index is 13.6. The fraction of sp³-hybridized carbons (Fsp3) is 0.238. The lowest BCUT2D eigenvalue weighted by molar-refractivity contribution is 0.0941. The van der Waals surface area contributed by atoms with E-state index in [0.29, 0.717) is 16.5 Å². The number of benzene rings is 2. The highest BCUT2D eigenvalue weighted by molar-refractivity contribution is 6.14. The lowest BCUT2D eigenvalue weighted by Gasteiger charge is -2.22. The summed E-state index contributed by atoms with van der Waals surface area (Å²) in [4.78, 5) is 24.8. The fourth-order valence-corrected chi connectivity index (χ4v) is 3.08. The topological polar surface area (TPSA) is 51.1 Å². The van der Waals surface area contributed by atoms with E-state index in [1.165, 1.54) is 35.9 Å². The van der Waals surface area contributed by atoms with Crippen LogP contribution in [-0.2, 0) is 5.41 Å². The van der Waals surface area contributed by atoms with Crippen molar-refractivity contribution in [3.8, 4) is 0 Å². The first-order valence-electron chi connectivity index (χ1n) is 8.41. The number of halogens is 1. The van der Waals surface area contributed by atoms with Crippen molar-refractivity contribution in [2.45, 2.75) is 33.1 Å². The second kappa shape index (κ2) is 6.41. The number of hydrogen-bond donors (Lipinski definition) is 1. The molecule has 1 amide bonds. The number of hydrogen-bond acceptors (Lipinski definition) is 2. The van der Waals surface area contributed by atoms with Gasteiger partial charge in [0.25, 0.3) is 5.91 Å². The van der Waals surface area contributed by atoms with Crippen LogP contribution >= 0.6 is 0 Å². The number of nitrogens with zero attached hydrogens (tertiary/aromatic N) is 1. The average molecular weight is 352 g/mol. The van der Waals surface area contributed by atoms with E-state index in [0.717, 1.165) is 11.3 Å². The van der Waals surface area contributed by atoms with Gasteiger partial charge in [-0.1, -0.05) is 39.0 Å². The maximum Gasteiger partial charge on any atom is 0.257 e. The molecule has 0 spiro atoms. The normalized spacial score (nSPS) is 11.6. The first-order valence-corrected chi connectivity index (χ1v) is 8.41. The molecule has 0 saturated carbocycles. The van der Waals surface area contributed by atoms with Gasteiger partial charge in [-0.15, -0.1) is 0 Å². The van der Waals surface area contributed by atoms with E-state index in [1.807, 2.05) is 24.3 Å². The molecule has 3 rings (SSSR count). The predicted octanol–water partition coefficient (Wildman–Crippen LogP) is 4.99. The molecule has 134 valence electrons. The Labute approximate surface area is 151 Å². The smallest absolute Gasteiger partial charge is 0.257 e. The number of para-hydroxylation sites is 1. The van der Waals surface area contributed by atoms with Crippen molar-refractivity contribution < 1.29 is 14.0 Å². The van der Waals surface area contributed by atoms with Crippen molar-refractivity contribution in [3.63, 3.8) is 0 Å². The molecule has 0 radical (unpaired) electrons. The summed E-state index contributed by atoms with van der Waals surface area (Å²) in [7, 11) is 0. The third-order valence-corrected chi connectivity index (χ3v) is 4.33. The molecule has 0 aliphatic rings. The molecule has 3 aromatic rings. The van der Waals surface area contributed by atoms with Gasteiger partial charge >= 0.3 is 0 Å². The number of nitrogens with one attached hydrogen (secondary N) is 1. The number of rotatable bonds is 2. The van der Waals surface area contributed by atoms with Crippen LogP contribution < -0.4 is 5.32 Å². The Balaban J connectivity index is 2.06. The largest absolute Gasteiger partial charge is 0.322 e. The van der Waals surface area contributed by atoms with E-state index in [1.54, 1.807) is 0 Å². The molecule has 26 heavy (non-hydrogen) atoms. The monoisotopic (exact) mass is 352 g/mol. The van der Waals surface area contributed by atoms with E-state index in [-0.39, 0.29) is 17.2 Å². The van der Waals surface area contributed by atoms with Crippen LogP contribution in [0, 0.1) is 5.82 Å². The highest BCUT2D eigenvalue weighted by Crippen LogP contribution is 2.30.